The normalized spacial score (nSPS) is 16.3. The molecule has 0 aliphatic carbocycles. The van der Waals surface area contributed by atoms with Crippen molar-refractivity contribution in [3.63, 3.8) is 0 Å². The van der Waals surface area contributed by atoms with Gasteiger partial charge in [0, 0.05) is 22.7 Å². The van der Waals surface area contributed by atoms with Crippen LogP contribution < -0.4 is 10.5 Å². The predicted molar refractivity (Wildman–Crippen MR) is 109 cm³/mol. The number of fused-ring (bicyclic) bond motifs is 1. The fraction of sp³-hybridized carbons (Fsp3) is 0.238. The Bertz CT molecular complexity index is 1170. The number of carbonyl (C=O) groups is 1. The smallest absolute Gasteiger partial charge is 0.422 e. The van der Waals surface area contributed by atoms with Gasteiger partial charge in [0.1, 0.15) is 24.9 Å². The number of carbonyl (C=O) groups excluding carboxylic acids is 1. The van der Waals surface area contributed by atoms with Gasteiger partial charge in [0.05, 0.1) is 5.02 Å². The number of hydrogen-bond donors (Lipinski definition) is 1. The molecule has 6 nitrogen and oxygen atoms in total. The van der Waals surface area contributed by atoms with Gasteiger partial charge >= 0.3 is 6.18 Å². The molecule has 10 heteroatoms. The van der Waals surface area contributed by atoms with Gasteiger partial charge in [-0.05, 0) is 35.9 Å². The quantitative estimate of drug-likeness (QED) is 0.609. The van der Waals surface area contributed by atoms with Crippen LogP contribution in [0, 0.1) is 0 Å². The summed E-state index contributed by atoms with van der Waals surface area (Å²) in [7, 11) is 0. The van der Waals surface area contributed by atoms with Gasteiger partial charge in [-0.2, -0.15) is 13.2 Å². The third-order valence-electron chi connectivity index (χ3n) is 4.75. The van der Waals surface area contributed by atoms with Crippen molar-refractivity contribution in [2.24, 2.45) is 10.7 Å². The molecule has 0 radical (unpaired) electrons. The number of nitrogens with two attached hydrogens (primary N) is 1. The van der Waals surface area contributed by atoms with E-state index in [1.165, 1.54) is 12.1 Å². The Morgan fingerprint density at radius 2 is 2.10 bits per heavy atom. The van der Waals surface area contributed by atoms with E-state index in [0.29, 0.717) is 18.1 Å². The number of primary amides is 1. The van der Waals surface area contributed by atoms with Gasteiger partial charge in [0.25, 0.3) is 0 Å². The Hall–Kier alpha value is -3.20. The average molecular weight is 452 g/mol. The van der Waals surface area contributed by atoms with Gasteiger partial charge in [0.2, 0.25) is 11.8 Å². The summed E-state index contributed by atoms with van der Waals surface area (Å²) in [6.07, 6.45) is -2.66. The van der Waals surface area contributed by atoms with E-state index in [4.69, 9.17) is 26.8 Å². The van der Waals surface area contributed by atoms with Gasteiger partial charge in [-0.15, -0.1) is 0 Å². The SMILES string of the molecule is NC(=O)Cn1ccc2c(C3COC(c4ccc(OCC(F)(F)F)c(Cl)c4)=N3)cccc21. The van der Waals surface area contributed by atoms with Crippen molar-refractivity contribution in [2.45, 2.75) is 18.8 Å². The highest BCUT2D eigenvalue weighted by Crippen LogP contribution is 2.33. The van der Waals surface area contributed by atoms with E-state index in [9.17, 15) is 18.0 Å². The minimum Gasteiger partial charge on any atom is -0.483 e. The molecule has 1 amide bonds. The van der Waals surface area contributed by atoms with E-state index in [2.05, 4.69) is 4.99 Å². The third kappa shape index (κ3) is 4.61. The molecule has 0 spiro atoms. The van der Waals surface area contributed by atoms with Crippen molar-refractivity contribution >= 4 is 34.3 Å². The monoisotopic (exact) mass is 451 g/mol. The number of halogens is 4. The van der Waals surface area contributed by atoms with Gasteiger partial charge in [0.15, 0.2) is 6.61 Å². The van der Waals surface area contributed by atoms with Crippen LogP contribution in [0.25, 0.3) is 10.9 Å². The summed E-state index contributed by atoms with van der Waals surface area (Å²) in [5.74, 6) is -0.173. The number of aliphatic imine (C=N–C) groups is 1. The van der Waals surface area contributed by atoms with E-state index in [-0.39, 0.29) is 23.4 Å². The Kier molecular flexibility index (Phi) is 5.53. The standard InChI is InChI=1S/C21H17ClF3N3O3/c22-15-8-12(4-5-18(15)31-11-21(23,24)25)20-27-16(10-30-20)13-2-1-3-17-14(13)6-7-28(17)9-19(26)29/h1-8,16H,9-11H2,(H2,26,29). The molecule has 1 aliphatic rings. The van der Waals surface area contributed by atoms with Crippen molar-refractivity contribution in [1.82, 2.24) is 4.57 Å². The maximum Gasteiger partial charge on any atom is 0.422 e. The lowest BCUT2D eigenvalue weighted by molar-refractivity contribution is -0.153. The summed E-state index contributed by atoms with van der Waals surface area (Å²) in [4.78, 5) is 15.9. The zero-order valence-corrected chi connectivity index (χ0v) is 16.8. The molecule has 4 rings (SSSR count). The van der Waals surface area contributed by atoms with Crippen molar-refractivity contribution in [3.8, 4) is 5.75 Å². The van der Waals surface area contributed by atoms with E-state index >= 15 is 0 Å². The number of rotatable bonds is 6. The average Bonchev–Trinajstić information content (AvgIpc) is 3.33. The minimum absolute atomic E-state index is 0.0297. The molecule has 0 saturated heterocycles. The highest BCUT2D eigenvalue weighted by atomic mass is 35.5. The summed E-state index contributed by atoms with van der Waals surface area (Å²) in [5, 5.41) is 0.957. The molecule has 0 bridgehead atoms. The molecule has 31 heavy (non-hydrogen) atoms. The lowest BCUT2D eigenvalue weighted by Crippen LogP contribution is -2.19. The Morgan fingerprint density at radius 3 is 2.81 bits per heavy atom. The largest absolute Gasteiger partial charge is 0.483 e. The number of hydrogen-bond acceptors (Lipinski definition) is 4. The summed E-state index contributed by atoms with van der Waals surface area (Å²) in [6.45, 7) is -1.06. The van der Waals surface area contributed by atoms with E-state index in [1.54, 1.807) is 16.8 Å². The van der Waals surface area contributed by atoms with Crippen LogP contribution in [0.1, 0.15) is 17.2 Å². The molecule has 2 N–H and O–H groups in total. The second kappa shape index (κ2) is 8.14. The zero-order chi connectivity index (χ0) is 22.2. The third-order valence-corrected chi connectivity index (χ3v) is 5.05. The summed E-state index contributed by atoms with van der Waals surface area (Å²) < 4.78 is 49.2. The zero-order valence-electron chi connectivity index (χ0n) is 16.0. The molecular formula is C21H17ClF3N3O3. The number of amides is 1. The number of alkyl halides is 3. The van der Waals surface area contributed by atoms with Crippen LogP contribution in [-0.2, 0) is 16.1 Å². The fourth-order valence-electron chi connectivity index (χ4n) is 3.45. The van der Waals surface area contributed by atoms with Crippen LogP contribution in [-0.4, -0.2) is 35.8 Å². The summed E-state index contributed by atoms with van der Waals surface area (Å²) in [5.41, 5.74) is 7.61. The molecule has 2 aromatic carbocycles. The molecule has 1 aromatic heterocycles. The topological polar surface area (TPSA) is 78.8 Å². The highest BCUT2D eigenvalue weighted by Gasteiger charge is 2.29. The summed E-state index contributed by atoms with van der Waals surface area (Å²) in [6, 6.07) is 11.6. The second-order valence-electron chi connectivity index (χ2n) is 7.00. The number of ether oxygens (including phenoxy) is 2. The first-order valence-electron chi connectivity index (χ1n) is 9.27. The van der Waals surface area contributed by atoms with Crippen molar-refractivity contribution in [2.75, 3.05) is 13.2 Å². The second-order valence-corrected chi connectivity index (χ2v) is 7.41. The molecule has 162 valence electrons. The lowest BCUT2D eigenvalue weighted by Gasteiger charge is -2.11. The van der Waals surface area contributed by atoms with Crippen LogP contribution in [0.4, 0.5) is 13.2 Å². The van der Waals surface area contributed by atoms with E-state index < -0.39 is 18.7 Å². The summed E-state index contributed by atoms with van der Waals surface area (Å²) >= 11 is 6.07. The molecule has 2 heterocycles. The molecule has 0 saturated carbocycles. The number of nitrogens with zero attached hydrogens (tertiary/aromatic N) is 2. The van der Waals surface area contributed by atoms with Gasteiger partial charge < -0.3 is 19.8 Å². The first-order chi connectivity index (χ1) is 14.7. The minimum atomic E-state index is -4.45. The maximum atomic E-state index is 12.3. The van der Waals surface area contributed by atoms with Crippen LogP contribution in [0.3, 0.4) is 0 Å². The predicted octanol–water partition coefficient (Wildman–Crippen LogP) is 4.24. The van der Waals surface area contributed by atoms with Gasteiger partial charge in [-0.25, -0.2) is 4.99 Å². The Labute approximate surface area is 180 Å². The van der Waals surface area contributed by atoms with Crippen molar-refractivity contribution in [1.29, 1.82) is 0 Å². The molecule has 1 atom stereocenters. The van der Waals surface area contributed by atoms with Crippen LogP contribution in [0.5, 0.6) is 5.75 Å². The van der Waals surface area contributed by atoms with Crippen LogP contribution in [0.15, 0.2) is 53.7 Å². The Balaban J connectivity index is 1.58. The lowest BCUT2D eigenvalue weighted by atomic mass is 10.0. The van der Waals surface area contributed by atoms with Gasteiger partial charge in [-0.3, -0.25) is 4.79 Å². The van der Waals surface area contributed by atoms with Crippen molar-refractivity contribution in [3.05, 3.63) is 64.8 Å². The Morgan fingerprint density at radius 1 is 1.29 bits per heavy atom. The molecule has 0 fully saturated rings. The number of aromatic nitrogens is 1. The highest BCUT2D eigenvalue weighted by molar-refractivity contribution is 6.32. The first-order valence-corrected chi connectivity index (χ1v) is 9.65. The molecule has 1 aliphatic heterocycles. The van der Waals surface area contributed by atoms with E-state index in [1.807, 2.05) is 24.3 Å². The fourth-order valence-corrected chi connectivity index (χ4v) is 3.68. The van der Waals surface area contributed by atoms with E-state index in [0.717, 1.165) is 16.5 Å². The maximum absolute atomic E-state index is 12.3. The van der Waals surface area contributed by atoms with Crippen LogP contribution >= 0.6 is 11.6 Å². The molecular weight excluding hydrogens is 435 g/mol. The first kappa shape index (κ1) is 21.0. The number of benzene rings is 2. The van der Waals surface area contributed by atoms with Crippen molar-refractivity contribution < 1.29 is 27.4 Å². The van der Waals surface area contributed by atoms with Crippen LogP contribution in [0.2, 0.25) is 5.02 Å². The molecule has 3 aromatic rings. The van der Waals surface area contributed by atoms with Gasteiger partial charge in [-0.1, -0.05) is 23.7 Å². The molecule has 1 unspecified atom stereocenters.